The van der Waals surface area contributed by atoms with Crippen LogP contribution in [0, 0.1) is 13.8 Å². The van der Waals surface area contributed by atoms with Gasteiger partial charge in [-0.2, -0.15) is 0 Å². The van der Waals surface area contributed by atoms with Crippen LogP contribution < -0.4 is 14.8 Å². The molecule has 3 nitrogen and oxygen atoms in total. The molecule has 0 amide bonds. The van der Waals surface area contributed by atoms with Crippen LogP contribution in [-0.4, -0.2) is 20.8 Å². The van der Waals surface area contributed by atoms with E-state index in [1.807, 2.05) is 13.8 Å². The van der Waals surface area contributed by atoms with Gasteiger partial charge in [0, 0.05) is 22.2 Å². The van der Waals surface area contributed by atoms with Gasteiger partial charge in [-0.15, -0.1) is 0 Å². The fraction of sp³-hybridized carbons (Fsp3) is 0.600. The van der Waals surface area contributed by atoms with E-state index in [9.17, 15) is 0 Å². The Hall–Kier alpha value is -0.930. The van der Waals surface area contributed by atoms with Gasteiger partial charge in [0.25, 0.3) is 0 Å². The molecular formula is C15H22ClNO2. The highest BCUT2D eigenvalue weighted by molar-refractivity contribution is 6.33. The summed E-state index contributed by atoms with van der Waals surface area (Å²) in [5.74, 6) is 1.63. The average Bonchev–Trinajstić information content (AvgIpc) is 2.81. The molecule has 1 aliphatic heterocycles. The number of hydrogen-bond donors (Lipinski definition) is 1. The fourth-order valence-electron chi connectivity index (χ4n) is 3.18. The highest BCUT2D eigenvalue weighted by Crippen LogP contribution is 2.47. The molecule has 0 radical (unpaired) electrons. The lowest BCUT2D eigenvalue weighted by Crippen LogP contribution is -2.34. The van der Waals surface area contributed by atoms with Crippen LogP contribution in [0.15, 0.2) is 0 Å². The van der Waals surface area contributed by atoms with Crippen LogP contribution in [-0.2, 0) is 5.54 Å². The fourth-order valence-corrected chi connectivity index (χ4v) is 3.48. The molecule has 2 rings (SSSR count). The van der Waals surface area contributed by atoms with Crippen LogP contribution in [0.1, 0.15) is 36.5 Å². The standard InChI is InChI=1S/C15H22ClNO2/c1-9-11(15(3)7-6-8-17-15)13(18-4)10(2)12(16)14(9)19-5/h17H,6-8H2,1-5H3. The molecule has 0 aliphatic carbocycles. The van der Waals surface area contributed by atoms with Crippen LogP contribution in [0.25, 0.3) is 0 Å². The molecule has 1 aromatic rings. The van der Waals surface area contributed by atoms with Gasteiger partial charge in [0.15, 0.2) is 0 Å². The Morgan fingerprint density at radius 1 is 1.11 bits per heavy atom. The summed E-state index contributed by atoms with van der Waals surface area (Å²) >= 11 is 6.38. The van der Waals surface area contributed by atoms with Gasteiger partial charge in [0.2, 0.25) is 0 Å². The molecule has 0 bridgehead atoms. The Kier molecular flexibility index (Phi) is 3.98. The molecule has 1 atom stereocenters. The van der Waals surface area contributed by atoms with E-state index in [2.05, 4.69) is 12.2 Å². The maximum absolute atomic E-state index is 6.38. The summed E-state index contributed by atoms with van der Waals surface area (Å²) in [4.78, 5) is 0. The van der Waals surface area contributed by atoms with Crippen LogP contribution in [0.3, 0.4) is 0 Å². The highest BCUT2D eigenvalue weighted by Gasteiger charge is 2.36. The van der Waals surface area contributed by atoms with Crippen molar-refractivity contribution in [1.29, 1.82) is 0 Å². The lowest BCUT2D eigenvalue weighted by molar-refractivity contribution is 0.359. The molecule has 1 saturated heterocycles. The van der Waals surface area contributed by atoms with Crippen molar-refractivity contribution in [1.82, 2.24) is 5.32 Å². The molecule has 1 heterocycles. The van der Waals surface area contributed by atoms with Crippen molar-refractivity contribution in [2.45, 2.75) is 39.2 Å². The number of ether oxygens (including phenoxy) is 2. The predicted molar refractivity (Wildman–Crippen MR) is 78.6 cm³/mol. The van der Waals surface area contributed by atoms with E-state index in [-0.39, 0.29) is 5.54 Å². The summed E-state index contributed by atoms with van der Waals surface area (Å²) in [6.07, 6.45) is 2.26. The predicted octanol–water partition coefficient (Wildman–Crippen LogP) is 3.57. The van der Waals surface area contributed by atoms with Crippen molar-refractivity contribution in [3.63, 3.8) is 0 Å². The molecule has 19 heavy (non-hydrogen) atoms. The van der Waals surface area contributed by atoms with E-state index in [0.29, 0.717) is 5.02 Å². The summed E-state index contributed by atoms with van der Waals surface area (Å²) in [6, 6.07) is 0. The van der Waals surface area contributed by atoms with Crippen molar-refractivity contribution in [3.8, 4) is 11.5 Å². The third kappa shape index (κ3) is 2.19. The molecule has 0 spiro atoms. The maximum atomic E-state index is 6.38. The summed E-state index contributed by atoms with van der Waals surface area (Å²) in [5.41, 5.74) is 3.10. The SMILES string of the molecule is COc1c(C)c(C2(C)CCCN2)c(OC)c(C)c1Cl. The smallest absolute Gasteiger partial charge is 0.141 e. The third-order valence-corrected chi connectivity index (χ3v) is 4.60. The lowest BCUT2D eigenvalue weighted by Gasteiger charge is -2.31. The Balaban J connectivity index is 2.74. The first kappa shape index (κ1) is 14.5. The van der Waals surface area contributed by atoms with E-state index in [1.54, 1.807) is 14.2 Å². The van der Waals surface area contributed by atoms with Crippen LogP contribution in [0.5, 0.6) is 11.5 Å². The first-order chi connectivity index (χ1) is 8.96. The zero-order valence-corrected chi connectivity index (χ0v) is 13.1. The van der Waals surface area contributed by atoms with Gasteiger partial charge in [0.1, 0.15) is 11.5 Å². The molecule has 1 aromatic carbocycles. The Morgan fingerprint density at radius 3 is 2.21 bits per heavy atom. The first-order valence-corrected chi connectivity index (χ1v) is 7.00. The summed E-state index contributed by atoms with van der Waals surface area (Å²) < 4.78 is 11.1. The second kappa shape index (κ2) is 5.22. The average molecular weight is 284 g/mol. The Morgan fingerprint density at radius 2 is 1.74 bits per heavy atom. The van der Waals surface area contributed by atoms with Gasteiger partial charge < -0.3 is 14.8 Å². The van der Waals surface area contributed by atoms with E-state index in [1.165, 1.54) is 12.0 Å². The maximum Gasteiger partial charge on any atom is 0.141 e. The number of rotatable bonds is 3. The van der Waals surface area contributed by atoms with Gasteiger partial charge in [-0.1, -0.05) is 11.6 Å². The van der Waals surface area contributed by atoms with Crippen molar-refractivity contribution in [2.24, 2.45) is 0 Å². The summed E-state index contributed by atoms with van der Waals surface area (Å²) in [6.45, 7) is 7.28. The van der Waals surface area contributed by atoms with Gasteiger partial charge in [-0.25, -0.2) is 0 Å². The van der Waals surface area contributed by atoms with E-state index in [4.69, 9.17) is 21.1 Å². The first-order valence-electron chi connectivity index (χ1n) is 6.62. The molecule has 106 valence electrons. The van der Waals surface area contributed by atoms with E-state index >= 15 is 0 Å². The largest absolute Gasteiger partial charge is 0.496 e. The Labute approximate surface area is 120 Å². The molecule has 1 aliphatic rings. The van der Waals surface area contributed by atoms with Gasteiger partial charge in [-0.3, -0.25) is 0 Å². The molecular weight excluding hydrogens is 262 g/mol. The number of hydrogen-bond acceptors (Lipinski definition) is 3. The third-order valence-electron chi connectivity index (χ3n) is 4.14. The van der Waals surface area contributed by atoms with Crippen molar-refractivity contribution in [3.05, 3.63) is 21.7 Å². The van der Waals surface area contributed by atoms with Crippen molar-refractivity contribution in [2.75, 3.05) is 20.8 Å². The van der Waals surface area contributed by atoms with E-state index in [0.717, 1.165) is 35.6 Å². The van der Waals surface area contributed by atoms with E-state index < -0.39 is 0 Å². The van der Waals surface area contributed by atoms with Crippen LogP contribution in [0.4, 0.5) is 0 Å². The minimum atomic E-state index is -0.0714. The zero-order valence-electron chi connectivity index (χ0n) is 12.3. The minimum Gasteiger partial charge on any atom is -0.496 e. The van der Waals surface area contributed by atoms with Crippen molar-refractivity contribution >= 4 is 11.6 Å². The molecule has 1 unspecified atom stereocenters. The molecule has 4 heteroatoms. The van der Waals surface area contributed by atoms with Gasteiger partial charge in [0.05, 0.1) is 19.2 Å². The topological polar surface area (TPSA) is 30.5 Å². The number of halogens is 1. The molecule has 0 saturated carbocycles. The second-order valence-electron chi connectivity index (χ2n) is 5.37. The summed E-state index contributed by atoms with van der Waals surface area (Å²) in [5, 5.41) is 4.23. The molecule has 1 N–H and O–H groups in total. The van der Waals surface area contributed by atoms with Crippen LogP contribution in [0.2, 0.25) is 5.02 Å². The summed E-state index contributed by atoms with van der Waals surface area (Å²) in [7, 11) is 3.36. The number of benzene rings is 1. The minimum absolute atomic E-state index is 0.0714. The highest BCUT2D eigenvalue weighted by atomic mass is 35.5. The molecule has 1 fully saturated rings. The number of nitrogens with one attached hydrogen (secondary N) is 1. The normalized spacial score (nSPS) is 22.6. The number of methoxy groups -OCH3 is 2. The van der Waals surface area contributed by atoms with Gasteiger partial charge in [-0.05, 0) is 40.2 Å². The second-order valence-corrected chi connectivity index (χ2v) is 5.75. The lowest BCUT2D eigenvalue weighted by atomic mass is 9.84. The quantitative estimate of drug-likeness (QED) is 0.920. The van der Waals surface area contributed by atoms with Crippen molar-refractivity contribution < 1.29 is 9.47 Å². The van der Waals surface area contributed by atoms with Gasteiger partial charge >= 0.3 is 0 Å². The molecule has 0 aromatic heterocycles. The zero-order chi connectivity index (χ0) is 14.2. The Bertz CT molecular complexity index is 494. The monoisotopic (exact) mass is 283 g/mol. The van der Waals surface area contributed by atoms with Crippen LogP contribution >= 0.6 is 11.6 Å².